The molecule has 3 amide bonds. The monoisotopic (exact) mass is 517 g/mol. The van der Waals surface area contributed by atoms with Gasteiger partial charge in [-0.3, -0.25) is 19.3 Å². The van der Waals surface area contributed by atoms with Crippen molar-refractivity contribution in [3.8, 4) is 11.5 Å². The van der Waals surface area contributed by atoms with E-state index >= 15 is 0 Å². The summed E-state index contributed by atoms with van der Waals surface area (Å²) in [4.78, 5) is 42.3. The largest absolute Gasteiger partial charge is 0.493 e. The molecule has 0 aliphatic carbocycles. The number of carbonyl (C=O) groups is 3. The lowest BCUT2D eigenvalue weighted by Crippen LogP contribution is -2.37. The van der Waals surface area contributed by atoms with E-state index in [0.29, 0.717) is 30.2 Å². The second kappa shape index (κ2) is 11.1. The van der Waals surface area contributed by atoms with Crippen LogP contribution in [-0.2, 0) is 14.6 Å². The van der Waals surface area contributed by atoms with Gasteiger partial charge in [-0.05, 0) is 50.8 Å². The first-order valence-electron chi connectivity index (χ1n) is 11.4. The van der Waals surface area contributed by atoms with Crippen molar-refractivity contribution in [2.45, 2.75) is 19.4 Å². The van der Waals surface area contributed by atoms with Gasteiger partial charge in [-0.2, -0.15) is 0 Å². The minimum absolute atomic E-state index is 0.0396. The zero-order valence-corrected chi connectivity index (χ0v) is 21.8. The number of methoxy groups -OCH3 is 1. The summed E-state index contributed by atoms with van der Waals surface area (Å²) in [6.07, 6.45) is 1.24. The topological polar surface area (TPSA) is 122 Å². The molecule has 36 heavy (non-hydrogen) atoms. The number of anilines is 1. The van der Waals surface area contributed by atoms with Crippen LogP contribution in [0.4, 0.5) is 5.69 Å². The Morgan fingerprint density at radius 2 is 1.83 bits per heavy atom. The lowest BCUT2D eigenvalue weighted by Gasteiger charge is -2.27. The van der Waals surface area contributed by atoms with Crippen molar-refractivity contribution in [1.29, 1.82) is 0 Å². The lowest BCUT2D eigenvalue weighted by molar-refractivity contribution is -0.116. The van der Waals surface area contributed by atoms with Crippen molar-refractivity contribution in [1.82, 2.24) is 9.80 Å². The molecule has 0 aromatic heterocycles. The fourth-order valence-corrected chi connectivity index (χ4v) is 4.92. The molecule has 1 heterocycles. The molecule has 0 saturated heterocycles. The molecule has 0 saturated carbocycles. The van der Waals surface area contributed by atoms with Crippen LogP contribution in [0, 0.1) is 0 Å². The normalized spacial score (nSPS) is 14.1. The molecule has 10 nitrogen and oxygen atoms in total. The molecule has 0 radical (unpaired) electrons. The third kappa shape index (κ3) is 6.03. The van der Waals surface area contributed by atoms with Crippen LogP contribution in [-0.4, -0.2) is 82.3 Å². The summed E-state index contributed by atoms with van der Waals surface area (Å²) >= 11 is 0. The average molecular weight is 518 g/mol. The van der Waals surface area contributed by atoms with Gasteiger partial charge >= 0.3 is 0 Å². The summed E-state index contributed by atoms with van der Waals surface area (Å²) in [6, 6.07) is 8.27. The molecule has 1 aliphatic rings. The first-order chi connectivity index (χ1) is 17.0. The van der Waals surface area contributed by atoms with Gasteiger partial charge in [-0.15, -0.1) is 0 Å². The van der Waals surface area contributed by atoms with Gasteiger partial charge < -0.3 is 19.7 Å². The predicted molar refractivity (Wildman–Crippen MR) is 135 cm³/mol. The van der Waals surface area contributed by atoms with Gasteiger partial charge in [0.25, 0.3) is 11.8 Å². The molecule has 0 fully saturated rings. The maximum Gasteiger partial charge on any atom is 0.264 e. The first-order valence-corrected chi connectivity index (χ1v) is 13.5. The van der Waals surface area contributed by atoms with Crippen LogP contribution in [0.1, 0.15) is 45.7 Å². The second-order valence-electron chi connectivity index (χ2n) is 8.76. The number of imide groups is 1. The van der Waals surface area contributed by atoms with Gasteiger partial charge in [0, 0.05) is 19.2 Å². The Bertz CT molecular complexity index is 1270. The van der Waals surface area contributed by atoms with Crippen molar-refractivity contribution in [3.05, 3.63) is 53.1 Å². The summed E-state index contributed by atoms with van der Waals surface area (Å²) in [5.41, 5.74) is 0.746. The number of nitrogens with one attached hydrogen (secondary N) is 1. The van der Waals surface area contributed by atoms with Crippen molar-refractivity contribution in [3.63, 3.8) is 0 Å². The highest BCUT2D eigenvalue weighted by Gasteiger charge is 2.43. The summed E-state index contributed by atoms with van der Waals surface area (Å²) < 4.78 is 35.7. The summed E-state index contributed by atoms with van der Waals surface area (Å²) in [7, 11) is 1.53. The van der Waals surface area contributed by atoms with Crippen LogP contribution in [0.3, 0.4) is 0 Å². The third-order valence-corrected chi connectivity index (χ3v) is 6.57. The van der Waals surface area contributed by atoms with Gasteiger partial charge in [-0.1, -0.05) is 12.1 Å². The number of carbonyl (C=O) groups excluding carboxylic acids is 3. The Balaban J connectivity index is 2.03. The zero-order valence-electron chi connectivity index (χ0n) is 21.0. The quantitative estimate of drug-likeness (QED) is 0.451. The van der Waals surface area contributed by atoms with E-state index in [1.54, 1.807) is 37.3 Å². The van der Waals surface area contributed by atoms with Crippen LogP contribution in [0.5, 0.6) is 11.5 Å². The number of sulfone groups is 1. The highest BCUT2D eigenvalue weighted by atomic mass is 32.2. The number of ether oxygens (including phenoxy) is 2. The van der Waals surface area contributed by atoms with E-state index in [9.17, 15) is 22.8 Å². The number of fused-ring (bicyclic) bond motifs is 1. The van der Waals surface area contributed by atoms with E-state index < -0.39 is 33.4 Å². The van der Waals surface area contributed by atoms with Gasteiger partial charge in [0.1, 0.15) is 9.84 Å². The maximum absolute atomic E-state index is 13.6. The van der Waals surface area contributed by atoms with Gasteiger partial charge in [-0.25, -0.2) is 8.42 Å². The van der Waals surface area contributed by atoms with Crippen LogP contribution in [0.25, 0.3) is 0 Å². The average Bonchev–Trinajstić information content (AvgIpc) is 3.06. The molecule has 1 aliphatic heterocycles. The second-order valence-corrected chi connectivity index (χ2v) is 10.9. The highest BCUT2D eigenvalue weighted by Crippen LogP contribution is 2.38. The van der Waals surface area contributed by atoms with Gasteiger partial charge in [0.15, 0.2) is 11.5 Å². The minimum atomic E-state index is -3.62. The van der Waals surface area contributed by atoms with E-state index in [2.05, 4.69) is 5.32 Å². The Labute approximate surface area is 211 Å². The molecule has 1 N–H and O–H groups in total. The maximum atomic E-state index is 13.6. The molecule has 1 atom stereocenters. The van der Waals surface area contributed by atoms with Gasteiger partial charge in [0.2, 0.25) is 5.91 Å². The molecule has 0 spiro atoms. The molecule has 0 bridgehead atoms. The molecule has 11 heteroatoms. The predicted octanol–water partition coefficient (Wildman–Crippen LogP) is 2.37. The van der Waals surface area contributed by atoms with E-state index in [-0.39, 0.29) is 29.1 Å². The molecule has 3 rings (SSSR count). The number of benzene rings is 2. The standard InChI is InChI=1S/C25H31N3O7S/c1-6-35-21-14-16(10-11-20(21)34-4)19(15-36(5,32)33)28-24(30)17-8-7-9-18(23(17)25(28)31)26-22(29)12-13-27(2)3/h7-11,14,19H,6,12-13,15H2,1-5H3,(H,26,29). The van der Waals surface area contributed by atoms with Crippen LogP contribution < -0.4 is 14.8 Å². The third-order valence-electron chi connectivity index (χ3n) is 5.65. The summed E-state index contributed by atoms with van der Waals surface area (Å²) in [5.74, 6) is -1.31. The Morgan fingerprint density at radius 3 is 2.44 bits per heavy atom. The van der Waals surface area contributed by atoms with Crippen molar-refractivity contribution < 1.29 is 32.3 Å². The Kier molecular flexibility index (Phi) is 8.36. The Morgan fingerprint density at radius 1 is 1.11 bits per heavy atom. The number of hydrogen-bond donors (Lipinski definition) is 1. The molecule has 2 aromatic carbocycles. The molecule has 2 aromatic rings. The zero-order chi connectivity index (χ0) is 26.6. The van der Waals surface area contributed by atoms with Crippen molar-refractivity contribution in [2.24, 2.45) is 0 Å². The van der Waals surface area contributed by atoms with Crippen LogP contribution >= 0.6 is 0 Å². The number of nitrogens with zero attached hydrogens (tertiary/aromatic N) is 2. The van der Waals surface area contributed by atoms with Crippen LogP contribution in [0.2, 0.25) is 0 Å². The fraction of sp³-hybridized carbons (Fsp3) is 0.400. The molecular formula is C25H31N3O7S. The minimum Gasteiger partial charge on any atom is -0.493 e. The fourth-order valence-electron chi connectivity index (χ4n) is 4.00. The number of hydrogen-bond acceptors (Lipinski definition) is 8. The lowest BCUT2D eigenvalue weighted by atomic mass is 10.1. The summed E-state index contributed by atoms with van der Waals surface area (Å²) in [5, 5.41) is 2.72. The first kappa shape index (κ1) is 27.2. The number of rotatable bonds is 11. The highest BCUT2D eigenvalue weighted by molar-refractivity contribution is 7.90. The van der Waals surface area contributed by atoms with Gasteiger partial charge in [0.05, 0.1) is 42.3 Å². The van der Waals surface area contributed by atoms with Crippen molar-refractivity contribution >= 4 is 33.2 Å². The van der Waals surface area contributed by atoms with Crippen LogP contribution in [0.15, 0.2) is 36.4 Å². The number of amides is 3. The SMILES string of the molecule is CCOc1cc(C(CS(C)(=O)=O)N2C(=O)c3cccc(NC(=O)CCN(C)C)c3C2=O)ccc1OC. The van der Waals surface area contributed by atoms with E-state index in [1.165, 1.54) is 13.2 Å². The van der Waals surface area contributed by atoms with E-state index in [1.807, 2.05) is 19.0 Å². The summed E-state index contributed by atoms with van der Waals surface area (Å²) in [6.45, 7) is 2.63. The smallest absolute Gasteiger partial charge is 0.264 e. The Hall–Kier alpha value is -3.44. The van der Waals surface area contributed by atoms with E-state index in [4.69, 9.17) is 9.47 Å². The molecule has 1 unspecified atom stereocenters. The molecular weight excluding hydrogens is 486 g/mol. The van der Waals surface area contributed by atoms with E-state index in [0.717, 1.165) is 11.2 Å². The molecule has 194 valence electrons. The van der Waals surface area contributed by atoms with Crippen molar-refractivity contribution in [2.75, 3.05) is 51.7 Å².